The topological polar surface area (TPSA) is 53.7 Å². The molecule has 0 bridgehead atoms. The third kappa shape index (κ3) is 2.85. The zero-order chi connectivity index (χ0) is 12.4. The predicted molar refractivity (Wildman–Crippen MR) is 71.6 cm³/mol. The molecule has 0 aromatic rings. The molecule has 104 valence electrons. The molecule has 1 spiro atoms. The first kappa shape index (κ1) is 13.2. The third-order valence-corrected chi connectivity index (χ3v) is 5.58. The van der Waals surface area contributed by atoms with Crippen molar-refractivity contribution in [2.75, 3.05) is 31.3 Å². The fourth-order valence-electron chi connectivity index (χ4n) is 3.25. The average Bonchev–Trinajstić information content (AvgIpc) is 3.02. The van der Waals surface area contributed by atoms with Crippen LogP contribution in [0.5, 0.6) is 0 Å². The molecule has 3 unspecified atom stereocenters. The van der Waals surface area contributed by atoms with Crippen LogP contribution in [-0.2, 0) is 14.2 Å². The quantitative estimate of drug-likeness (QED) is 0.842. The van der Waals surface area contributed by atoms with Crippen molar-refractivity contribution in [2.45, 2.75) is 43.6 Å². The molecule has 0 radical (unpaired) electrons. The molecule has 0 saturated carbocycles. The minimum absolute atomic E-state index is 0.0725. The zero-order valence-corrected chi connectivity index (χ0v) is 11.6. The molecule has 3 rings (SSSR count). The molecule has 5 heteroatoms. The number of rotatable bonds is 3. The van der Waals surface area contributed by atoms with Gasteiger partial charge in [-0.1, -0.05) is 0 Å². The van der Waals surface area contributed by atoms with Crippen LogP contribution in [-0.4, -0.2) is 49.3 Å². The average molecular weight is 273 g/mol. The Morgan fingerprint density at radius 2 is 2.11 bits per heavy atom. The smallest absolute Gasteiger partial charge is 0.159 e. The number of ether oxygens (including phenoxy) is 3. The van der Waals surface area contributed by atoms with Gasteiger partial charge in [-0.25, -0.2) is 0 Å². The molecular formula is C13H23NO3S. The minimum atomic E-state index is -0.0725. The molecule has 18 heavy (non-hydrogen) atoms. The second-order valence-electron chi connectivity index (χ2n) is 5.66. The fraction of sp³-hybridized carbons (Fsp3) is 1.00. The number of hydrogen-bond acceptors (Lipinski definition) is 5. The van der Waals surface area contributed by atoms with E-state index < -0.39 is 0 Å². The van der Waals surface area contributed by atoms with E-state index in [-0.39, 0.29) is 17.9 Å². The van der Waals surface area contributed by atoms with E-state index in [0.717, 1.165) is 31.6 Å². The molecule has 0 aliphatic carbocycles. The van der Waals surface area contributed by atoms with Crippen molar-refractivity contribution in [3.05, 3.63) is 0 Å². The maximum Gasteiger partial charge on any atom is 0.159 e. The zero-order valence-electron chi connectivity index (χ0n) is 10.8. The lowest BCUT2D eigenvalue weighted by molar-refractivity contribution is -0.0944. The van der Waals surface area contributed by atoms with Crippen LogP contribution in [0.25, 0.3) is 0 Å². The van der Waals surface area contributed by atoms with Crippen molar-refractivity contribution in [1.29, 1.82) is 0 Å². The van der Waals surface area contributed by atoms with Crippen LogP contribution in [0.4, 0.5) is 0 Å². The monoisotopic (exact) mass is 273 g/mol. The normalized spacial score (nSPS) is 39.5. The summed E-state index contributed by atoms with van der Waals surface area (Å²) in [5.74, 6) is 2.94. The van der Waals surface area contributed by atoms with Gasteiger partial charge < -0.3 is 19.9 Å². The maximum absolute atomic E-state index is 6.36. The summed E-state index contributed by atoms with van der Waals surface area (Å²) in [4.78, 5) is 0. The largest absolute Gasteiger partial charge is 0.374 e. The third-order valence-electron chi connectivity index (χ3n) is 4.36. The molecule has 3 aliphatic rings. The van der Waals surface area contributed by atoms with E-state index in [1.165, 1.54) is 12.2 Å². The van der Waals surface area contributed by atoms with Gasteiger partial charge in [0.15, 0.2) is 6.29 Å². The highest BCUT2D eigenvalue weighted by atomic mass is 32.2. The van der Waals surface area contributed by atoms with E-state index >= 15 is 0 Å². The molecule has 3 heterocycles. The standard InChI is InChI=1S/C13H23NO3S/c14-11(7-12-15-4-5-16-12)10-1-3-17-13(8-10)2-6-18-9-13/h10-12H,1-9,14H2. The van der Waals surface area contributed by atoms with Gasteiger partial charge in [0.1, 0.15) is 0 Å². The van der Waals surface area contributed by atoms with Crippen LogP contribution in [0.3, 0.4) is 0 Å². The minimum Gasteiger partial charge on any atom is -0.374 e. The first-order valence-corrected chi connectivity index (χ1v) is 8.13. The van der Waals surface area contributed by atoms with E-state index in [2.05, 4.69) is 0 Å². The summed E-state index contributed by atoms with van der Waals surface area (Å²) in [7, 11) is 0. The Morgan fingerprint density at radius 1 is 1.28 bits per heavy atom. The van der Waals surface area contributed by atoms with Crippen molar-refractivity contribution in [1.82, 2.24) is 0 Å². The van der Waals surface area contributed by atoms with Gasteiger partial charge in [0.25, 0.3) is 0 Å². The van der Waals surface area contributed by atoms with Gasteiger partial charge >= 0.3 is 0 Å². The lowest BCUT2D eigenvalue weighted by Gasteiger charge is -2.40. The van der Waals surface area contributed by atoms with E-state index in [1.807, 2.05) is 11.8 Å². The van der Waals surface area contributed by atoms with Gasteiger partial charge in [-0.2, -0.15) is 11.8 Å². The molecule has 3 atom stereocenters. The summed E-state index contributed by atoms with van der Waals surface area (Å²) in [5, 5.41) is 0. The van der Waals surface area contributed by atoms with Crippen LogP contribution in [0, 0.1) is 5.92 Å². The van der Waals surface area contributed by atoms with Crippen molar-refractivity contribution in [3.8, 4) is 0 Å². The van der Waals surface area contributed by atoms with Gasteiger partial charge in [0, 0.05) is 24.8 Å². The Morgan fingerprint density at radius 3 is 2.83 bits per heavy atom. The lowest BCUT2D eigenvalue weighted by Crippen LogP contribution is -2.46. The van der Waals surface area contributed by atoms with E-state index in [4.69, 9.17) is 19.9 Å². The molecule has 0 amide bonds. The predicted octanol–water partition coefficient (Wildman–Crippen LogP) is 1.38. The number of thioether (sulfide) groups is 1. The van der Waals surface area contributed by atoms with Crippen molar-refractivity contribution >= 4 is 11.8 Å². The second kappa shape index (κ2) is 5.67. The van der Waals surface area contributed by atoms with Gasteiger partial charge in [0.05, 0.1) is 18.8 Å². The lowest BCUT2D eigenvalue weighted by atomic mass is 9.80. The Kier molecular flexibility index (Phi) is 4.15. The van der Waals surface area contributed by atoms with E-state index in [9.17, 15) is 0 Å². The molecule has 3 aliphatic heterocycles. The van der Waals surface area contributed by atoms with Crippen molar-refractivity contribution in [2.24, 2.45) is 11.7 Å². The Hall–Kier alpha value is 0.190. The SMILES string of the molecule is NC(CC1OCCO1)C1CCOC2(CCSC2)C1. The van der Waals surface area contributed by atoms with Crippen LogP contribution in [0.15, 0.2) is 0 Å². The summed E-state index contributed by atoms with van der Waals surface area (Å²) < 4.78 is 17.0. The molecule has 3 fully saturated rings. The van der Waals surface area contributed by atoms with Gasteiger partial charge in [0.2, 0.25) is 0 Å². The van der Waals surface area contributed by atoms with Gasteiger partial charge in [-0.15, -0.1) is 0 Å². The number of hydrogen-bond donors (Lipinski definition) is 1. The van der Waals surface area contributed by atoms with Crippen molar-refractivity contribution < 1.29 is 14.2 Å². The van der Waals surface area contributed by atoms with Gasteiger partial charge in [-0.05, 0) is 30.9 Å². The Balaban J connectivity index is 1.54. The Bertz CT molecular complexity index is 277. The molecule has 0 aromatic heterocycles. The van der Waals surface area contributed by atoms with Crippen LogP contribution < -0.4 is 5.73 Å². The summed E-state index contributed by atoms with van der Waals surface area (Å²) in [6, 6.07) is 0.180. The molecular weight excluding hydrogens is 250 g/mol. The second-order valence-corrected chi connectivity index (χ2v) is 6.76. The number of nitrogens with two attached hydrogens (primary N) is 1. The van der Waals surface area contributed by atoms with E-state index in [0.29, 0.717) is 19.1 Å². The summed E-state index contributed by atoms with van der Waals surface area (Å²) in [6.07, 6.45) is 4.15. The Labute approximate surface area is 113 Å². The first-order valence-electron chi connectivity index (χ1n) is 6.98. The highest BCUT2D eigenvalue weighted by Crippen LogP contribution is 2.41. The molecule has 4 nitrogen and oxygen atoms in total. The van der Waals surface area contributed by atoms with Gasteiger partial charge in [-0.3, -0.25) is 0 Å². The van der Waals surface area contributed by atoms with Crippen LogP contribution in [0.2, 0.25) is 0 Å². The summed E-state index contributed by atoms with van der Waals surface area (Å²) in [5.41, 5.74) is 6.48. The van der Waals surface area contributed by atoms with Crippen molar-refractivity contribution in [3.63, 3.8) is 0 Å². The molecule has 3 saturated heterocycles. The fourth-order valence-corrected chi connectivity index (χ4v) is 4.63. The highest BCUT2D eigenvalue weighted by Gasteiger charge is 2.42. The maximum atomic E-state index is 6.36. The van der Waals surface area contributed by atoms with E-state index in [1.54, 1.807) is 0 Å². The summed E-state index contributed by atoms with van der Waals surface area (Å²) >= 11 is 2.01. The van der Waals surface area contributed by atoms with Crippen LogP contribution in [0.1, 0.15) is 25.7 Å². The highest BCUT2D eigenvalue weighted by molar-refractivity contribution is 7.99. The molecule has 0 aromatic carbocycles. The van der Waals surface area contributed by atoms with Crippen LogP contribution >= 0.6 is 11.8 Å². The molecule has 2 N–H and O–H groups in total. The summed E-state index contributed by atoms with van der Waals surface area (Å²) in [6.45, 7) is 2.29. The first-order chi connectivity index (χ1) is 8.77.